The Morgan fingerprint density at radius 1 is 1.15 bits per heavy atom. The number of amides is 1. The van der Waals surface area contributed by atoms with Crippen LogP contribution in [0.1, 0.15) is 46.2 Å². The van der Waals surface area contributed by atoms with Gasteiger partial charge >= 0.3 is 0 Å². The Morgan fingerprint density at radius 2 is 1.88 bits per heavy atom. The summed E-state index contributed by atoms with van der Waals surface area (Å²) in [6.07, 6.45) is 5.44. The maximum absolute atomic E-state index is 13.1. The van der Waals surface area contributed by atoms with Gasteiger partial charge in [-0.1, -0.05) is 19.6 Å². The van der Waals surface area contributed by atoms with Gasteiger partial charge in [0.15, 0.2) is 5.82 Å². The van der Waals surface area contributed by atoms with E-state index in [2.05, 4.69) is 29.2 Å². The number of nitrogens with zero attached hydrogens (tertiary/aromatic N) is 6. The van der Waals surface area contributed by atoms with Crippen LogP contribution in [0.2, 0.25) is 0 Å². The van der Waals surface area contributed by atoms with Crippen molar-refractivity contribution in [3.05, 3.63) is 59.8 Å². The topological polar surface area (TPSA) is 79.2 Å². The zero-order valence-corrected chi connectivity index (χ0v) is 18.8. The molecule has 3 heterocycles. The summed E-state index contributed by atoms with van der Waals surface area (Å²) in [6, 6.07) is 6.24. The standard InChI is InChI=1S/C23H28FN7O.CH4/c1-5-30-20-12-26-23(28-21(20)31(15(2)3)16(4)22(30)32)25-10-18-11-27-29(14-18)13-17-6-8-19(24)9-7-17;/h6-9,11-12,14-16H,5,10,13H2,1-4H3,(H,25,26,28);1H4/t16-;/m1./s1. The van der Waals surface area contributed by atoms with E-state index in [0.29, 0.717) is 25.6 Å². The van der Waals surface area contributed by atoms with E-state index in [-0.39, 0.29) is 31.2 Å². The van der Waals surface area contributed by atoms with Crippen LogP contribution in [0.4, 0.5) is 21.8 Å². The molecule has 2 aromatic heterocycles. The molecular formula is C24H32FN7O. The second kappa shape index (κ2) is 9.97. The third-order valence-corrected chi connectivity index (χ3v) is 5.59. The fraction of sp³-hybridized carbons (Fsp3) is 0.417. The van der Waals surface area contributed by atoms with Gasteiger partial charge in [0.2, 0.25) is 11.9 Å². The Balaban J connectivity index is 0.00000306. The molecule has 1 atom stereocenters. The van der Waals surface area contributed by atoms with Crippen molar-refractivity contribution < 1.29 is 9.18 Å². The lowest BCUT2D eigenvalue weighted by Gasteiger charge is -2.42. The van der Waals surface area contributed by atoms with Crippen LogP contribution in [-0.2, 0) is 17.9 Å². The Bertz CT molecular complexity index is 1100. The molecule has 1 aliphatic rings. The van der Waals surface area contributed by atoms with E-state index in [1.807, 2.05) is 29.6 Å². The number of rotatable bonds is 7. The van der Waals surface area contributed by atoms with Crippen molar-refractivity contribution >= 4 is 23.4 Å². The number of hydrogen-bond donors (Lipinski definition) is 1. The highest BCUT2D eigenvalue weighted by molar-refractivity contribution is 6.04. The molecule has 1 aromatic carbocycles. The molecule has 1 amide bonds. The minimum Gasteiger partial charge on any atom is -0.350 e. The van der Waals surface area contributed by atoms with Crippen LogP contribution in [0.5, 0.6) is 0 Å². The molecule has 0 saturated carbocycles. The fourth-order valence-electron chi connectivity index (χ4n) is 4.04. The van der Waals surface area contributed by atoms with Crippen LogP contribution in [-0.4, -0.2) is 44.3 Å². The minimum absolute atomic E-state index is 0. The molecule has 0 spiro atoms. The van der Waals surface area contributed by atoms with Gasteiger partial charge < -0.3 is 15.1 Å². The van der Waals surface area contributed by atoms with Crippen LogP contribution in [0.25, 0.3) is 0 Å². The Kier molecular flexibility index (Phi) is 7.30. The number of benzene rings is 1. The molecule has 0 radical (unpaired) electrons. The van der Waals surface area contributed by atoms with Crippen molar-refractivity contribution in [3.63, 3.8) is 0 Å². The highest BCUT2D eigenvalue weighted by atomic mass is 19.1. The number of anilines is 3. The monoisotopic (exact) mass is 453 g/mol. The highest BCUT2D eigenvalue weighted by Crippen LogP contribution is 2.35. The molecule has 176 valence electrons. The van der Waals surface area contributed by atoms with E-state index < -0.39 is 0 Å². The van der Waals surface area contributed by atoms with Crippen LogP contribution >= 0.6 is 0 Å². The SMILES string of the molecule is C.CCN1C(=O)[C@@H](C)N(C(C)C)c2nc(NCc3cnn(Cc4ccc(F)cc4)c3)ncc21. The second-order valence-electron chi connectivity index (χ2n) is 8.19. The number of aromatic nitrogens is 4. The first-order valence-electron chi connectivity index (χ1n) is 10.8. The molecule has 0 bridgehead atoms. The van der Waals surface area contributed by atoms with E-state index in [1.54, 1.807) is 29.4 Å². The third-order valence-electron chi connectivity index (χ3n) is 5.59. The van der Waals surface area contributed by atoms with E-state index in [4.69, 9.17) is 4.98 Å². The Labute approximate surface area is 194 Å². The molecule has 3 aromatic rings. The summed E-state index contributed by atoms with van der Waals surface area (Å²) in [5.41, 5.74) is 2.69. The average Bonchev–Trinajstić information content (AvgIpc) is 3.22. The maximum atomic E-state index is 13.1. The molecule has 0 aliphatic carbocycles. The second-order valence-corrected chi connectivity index (χ2v) is 8.19. The molecule has 4 rings (SSSR count). The molecule has 0 unspecified atom stereocenters. The molecule has 8 nitrogen and oxygen atoms in total. The molecule has 1 aliphatic heterocycles. The molecule has 1 N–H and O–H groups in total. The van der Waals surface area contributed by atoms with Crippen molar-refractivity contribution in [2.75, 3.05) is 21.7 Å². The van der Waals surface area contributed by atoms with Gasteiger partial charge in [-0.15, -0.1) is 0 Å². The van der Waals surface area contributed by atoms with Crippen LogP contribution in [0.15, 0.2) is 42.9 Å². The largest absolute Gasteiger partial charge is 0.350 e. The fourth-order valence-corrected chi connectivity index (χ4v) is 4.04. The summed E-state index contributed by atoms with van der Waals surface area (Å²) in [4.78, 5) is 25.7. The molecular weight excluding hydrogens is 421 g/mol. The minimum atomic E-state index is -0.283. The number of fused-ring (bicyclic) bond motifs is 1. The van der Waals surface area contributed by atoms with Gasteiger partial charge in [0.05, 0.1) is 18.9 Å². The number of carbonyl (C=O) groups excluding carboxylic acids is 1. The van der Waals surface area contributed by atoms with Gasteiger partial charge in [-0.05, 0) is 45.4 Å². The summed E-state index contributed by atoms with van der Waals surface area (Å²) in [7, 11) is 0. The van der Waals surface area contributed by atoms with Crippen LogP contribution in [0.3, 0.4) is 0 Å². The third kappa shape index (κ3) is 4.97. The molecule has 33 heavy (non-hydrogen) atoms. The van der Waals surface area contributed by atoms with Gasteiger partial charge in [-0.3, -0.25) is 9.48 Å². The number of hydrogen-bond acceptors (Lipinski definition) is 6. The highest BCUT2D eigenvalue weighted by Gasteiger charge is 2.37. The van der Waals surface area contributed by atoms with Gasteiger partial charge in [0.25, 0.3) is 0 Å². The van der Waals surface area contributed by atoms with Gasteiger partial charge in [-0.25, -0.2) is 9.37 Å². The zero-order valence-electron chi connectivity index (χ0n) is 18.8. The van der Waals surface area contributed by atoms with E-state index in [1.165, 1.54) is 12.1 Å². The molecule has 0 saturated heterocycles. The van der Waals surface area contributed by atoms with Gasteiger partial charge in [0, 0.05) is 30.9 Å². The smallest absolute Gasteiger partial charge is 0.249 e. The predicted octanol–water partition coefficient (Wildman–Crippen LogP) is 4.08. The number of nitrogens with one attached hydrogen (secondary N) is 1. The summed E-state index contributed by atoms with van der Waals surface area (Å²) < 4.78 is 14.9. The maximum Gasteiger partial charge on any atom is 0.249 e. The van der Waals surface area contributed by atoms with Crippen molar-refractivity contribution in [3.8, 4) is 0 Å². The van der Waals surface area contributed by atoms with Crippen molar-refractivity contribution in [1.82, 2.24) is 19.7 Å². The van der Waals surface area contributed by atoms with Crippen molar-refractivity contribution in [2.24, 2.45) is 0 Å². The van der Waals surface area contributed by atoms with Gasteiger partial charge in [0.1, 0.15) is 17.5 Å². The zero-order chi connectivity index (χ0) is 22.8. The van der Waals surface area contributed by atoms with Crippen molar-refractivity contribution in [1.29, 1.82) is 0 Å². The summed E-state index contributed by atoms with van der Waals surface area (Å²) in [6.45, 7) is 9.63. The van der Waals surface area contributed by atoms with E-state index in [0.717, 1.165) is 22.6 Å². The summed E-state index contributed by atoms with van der Waals surface area (Å²) in [5, 5.41) is 7.64. The lowest BCUT2D eigenvalue weighted by molar-refractivity contribution is -0.119. The van der Waals surface area contributed by atoms with E-state index in [9.17, 15) is 9.18 Å². The Hall–Kier alpha value is -3.49. The first-order chi connectivity index (χ1) is 15.4. The first kappa shape index (κ1) is 24.2. The summed E-state index contributed by atoms with van der Waals surface area (Å²) >= 11 is 0. The Morgan fingerprint density at radius 3 is 2.55 bits per heavy atom. The number of likely N-dealkylation sites (N-methyl/N-ethyl adjacent to an activating group) is 1. The average molecular weight is 454 g/mol. The normalized spacial score (nSPS) is 15.5. The van der Waals surface area contributed by atoms with Gasteiger partial charge in [-0.2, -0.15) is 10.1 Å². The van der Waals surface area contributed by atoms with Crippen LogP contribution < -0.4 is 15.1 Å². The molecule has 9 heteroatoms. The molecule has 0 fully saturated rings. The van der Waals surface area contributed by atoms with E-state index >= 15 is 0 Å². The lowest BCUT2D eigenvalue weighted by Crippen LogP contribution is -2.54. The predicted molar refractivity (Wildman–Crippen MR) is 129 cm³/mol. The lowest BCUT2D eigenvalue weighted by atomic mass is 10.1. The number of halogens is 1. The first-order valence-corrected chi connectivity index (χ1v) is 10.8. The summed E-state index contributed by atoms with van der Waals surface area (Å²) in [5.74, 6) is 1.07. The number of carbonyl (C=O) groups is 1. The van der Waals surface area contributed by atoms with Crippen LogP contribution in [0, 0.1) is 5.82 Å². The van der Waals surface area contributed by atoms with Crippen molar-refractivity contribution in [2.45, 2.75) is 60.3 Å². The quantitative estimate of drug-likeness (QED) is 0.581.